The van der Waals surface area contributed by atoms with E-state index in [4.69, 9.17) is 0 Å². The highest BCUT2D eigenvalue weighted by Crippen LogP contribution is 2.41. The number of aliphatic hydroxyl groups is 1. The van der Waals surface area contributed by atoms with E-state index in [1.165, 1.54) is 6.07 Å². The van der Waals surface area contributed by atoms with E-state index in [1.54, 1.807) is 4.90 Å². The molecule has 2 aliphatic heterocycles. The largest absolute Gasteiger partial charge is 0.416 e. The lowest BCUT2D eigenvalue weighted by Crippen LogP contribution is -2.48. The molecular weight excluding hydrogens is 333 g/mol. The van der Waals surface area contributed by atoms with E-state index in [-0.39, 0.29) is 23.5 Å². The number of hydrogen-bond acceptors (Lipinski definition) is 4. The second-order valence-corrected chi connectivity index (χ2v) is 6.09. The lowest BCUT2D eigenvalue weighted by molar-refractivity contribution is -0.137. The van der Waals surface area contributed by atoms with Crippen LogP contribution in [-0.4, -0.2) is 28.9 Å². The number of benzene rings is 2. The van der Waals surface area contributed by atoms with E-state index >= 15 is 0 Å². The minimum atomic E-state index is -4.56. The number of carbonyl (C=O) groups is 1. The molecule has 2 aromatic carbocycles. The summed E-state index contributed by atoms with van der Waals surface area (Å²) in [5.41, 5.74) is -2.12. The maximum atomic E-state index is 12.9. The number of alkyl halides is 3. The zero-order valence-electron chi connectivity index (χ0n) is 12.9. The average Bonchev–Trinajstić information content (AvgIpc) is 2.93. The van der Waals surface area contributed by atoms with Crippen LogP contribution in [0.15, 0.2) is 53.5 Å². The molecule has 1 fully saturated rings. The molecule has 1 atom stereocenters. The van der Waals surface area contributed by atoms with Crippen LogP contribution in [0.25, 0.3) is 0 Å². The number of rotatable bonds is 1. The van der Waals surface area contributed by atoms with Gasteiger partial charge in [-0.15, -0.1) is 0 Å². The summed E-state index contributed by atoms with van der Waals surface area (Å²) in [5.74, 6) is -0.576. The zero-order valence-corrected chi connectivity index (χ0v) is 12.9. The molecular formula is C18H13F3N2O2. The maximum Gasteiger partial charge on any atom is 0.416 e. The van der Waals surface area contributed by atoms with Crippen molar-refractivity contribution in [3.8, 4) is 0 Å². The van der Waals surface area contributed by atoms with Crippen LogP contribution in [0, 0.1) is 0 Å². The summed E-state index contributed by atoms with van der Waals surface area (Å²) in [6.45, 7) is 0.352. The smallest absolute Gasteiger partial charge is 0.374 e. The molecule has 4 nitrogen and oxygen atoms in total. The van der Waals surface area contributed by atoms with Crippen molar-refractivity contribution >= 4 is 23.0 Å². The molecule has 2 heterocycles. The van der Waals surface area contributed by atoms with Crippen LogP contribution in [0.2, 0.25) is 0 Å². The first-order valence-corrected chi connectivity index (χ1v) is 7.71. The molecule has 0 aliphatic carbocycles. The quantitative estimate of drug-likeness (QED) is 0.859. The predicted octanol–water partition coefficient (Wildman–Crippen LogP) is 3.57. The van der Waals surface area contributed by atoms with Crippen molar-refractivity contribution in [2.24, 2.45) is 4.99 Å². The highest BCUT2D eigenvalue weighted by atomic mass is 19.4. The van der Waals surface area contributed by atoms with Gasteiger partial charge in [-0.25, -0.2) is 4.99 Å². The van der Waals surface area contributed by atoms with Gasteiger partial charge in [0.1, 0.15) is 5.84 Å². The van der Waals surface area contributed by atoms with Crippen LogP contribution < -0.4 is 4.90 Å². The van der Waals surface area contributed by atoms with Crippen molar-refractivity contribution in [3.05, 3.63) is 59.7 Å². The number of carbonyl (C=O) groups excluding carboxylic acids is 1. The third kappa shape index (κ3) is 2.34. The number of amidine groups is 1. The molecule has 0 saturated carbocycles. The third-order valence-electron chi connectivity index (χ3n) is 4.56. The van der Waals surface area contributed by atoms with Gasteiger partial charge in [-0.05, 0) is 30.3 Å². The molecule has 25 heavy (non-hydrogen) atoms. The van der Waals surface area contributed by atoms with Gasteiger partial charge >= 0.3 is 6.18 Å². The Morgan fingerprint density at radius 2 is 1.84 bits per heavy atom. The molecule has 7 heteroatoms. The van der Waals surface area contributed by atoms with Gasteiger partial charge in [0.25, 0.3) is 0 Å². The first-order valence-electron chi connectivity index (χ1n) is 7.71. The lowest BCUT2D eigenvalue weighted by atomic mass is 9.87. The number of nitrogens with zero attached hydrogens (tertiary/aromatic N) is 2. The second kappa shape index (κ2) is 5.16. The van der Waals surface area contributed by atoms with Crippen molar-refractivity contribution in [2.75, 3.05) is 11.4 Å². The first-order chi connectivity index (χ1) is 11.8. The Morgan fingerprint density at radius 3 is 2.52 bits per heavy atom. The van der Waals surface area contributed by atoms with Gasteiger partial charge in [0, 0.05) is 24.2 Å². The Kier molecular flexibility index (Phi) is 3.27. The summed E-state index contributed by atoms with van der Waals surface area (Å²) >= 11 is 0. The van der Waals surface area contributed by atoms with E-state index in [9.17, 15) is 23.1 Å². The number of Topliss-reactive ketones (excluding diaryl/α,β-unsaturated/α-hetero) is 1. The summed E-state index contributed by atoms with van der Waals surface area (Å²) < 4.78 is 38.7. The second-order valence-electron chi connectivity index (χ2n) is 6.09. The number of ketones is 1. The Labute approximate surface area is 141 Å². The van der Waals surface area contributed by atoms with Gasteiger partial charge in [0.05, 0.1) is 11.3 Å². The van der Waals surface area contributed by atoms with Gasteiger partial charge in [0.2, 0.25) is 5.78 Å². The van der Waals surface area contributed by atoms with Crippen molar-refractivity contribution in [1.82, 2.24) is 0 Å². The monoisotopic (exact) mass is 346 g/mol. The Hall–Kier alpha value is -2.67. The van der Waals surface area contributed by atoms with E-state index in [0.29, 0.717) is 6.54 Å². The number of anilines is 1. The van der Waals surface area contributed by atoms with Crippen LogP contribution in [-0.2, 0) is 6.18 Å². The van der Waals surface area contributed by atoms with E-state index in [1.807, 2.05) is 30.3 Å². The van der Waals surface area contributed by atoms with Crippen LogP contribution in [0.5, 0.6) is 0 Å². The summed E-state index contributed by atoms with van der Waals surface area (Å²) in [6, 6.07) is 12.0. The van der Waals surface area contributed by atoms with Crippen molar-refractivity contribution < 1.29 is 23.1 Å². The predicted molar refractivity (Wildman–Crippen MR) is 86.2 cm³/mol. The standard InChI is InChI=1S/C18H13F3N2O2/c19-18(20,21)11-6-7-14-13(10-11)15(24)17(25)8-9-23(16(17)22-14)12-4-2-1-3-5-12/h1-7,10,25H,8-9H2. The van der Waals surface area contributed by atoms with E-state index in [2.05, 4.69) is 4.99 Å². The highest BCUT2D eigenvalue weighted by molar-refractivity contribution is 6.28. The zero-order chi connectivity index (χ0) is 17.8. The van der Waals surface area contributed by atoms with Gasteiger partial charge in [-0.2, -0.15) is 13.2 Å². The molecule has 1 unspecified atom stereocenters. The molecule has 0 bridgehead atoms. The number of aliphatic imine (C=N–C) groups is 1. The maximum absolute atomic E-state index is 12.9. The number of hydrogen-bond donors (Lipinski definition) is 1. The van der Waals surface area contributed by atoms with Crippen molar-refractivity contribution in [2.45, 2.75) is 18.2 Å². The topological polar surface area (TPSA) is 52.9 Å². The van der Waals surface area contributed by atoms with E-state index in [0.717, 1.165) is 17.8 Å². The van der Waals surface area contributed by atoms with Gasteiger partial charge in [-0.3, -0.25) is 4.79 Å². The minimum Gasteiger partial charge on any atom is -0.374 e. The molecule has 2 aliphatic rings. The number of fused-ring (bicyclic) bond motifs is 2. The SMILES string of the molecule is O=C1c2cc(C(F)(F)F)ccc2N=C2N(c3ccccc3)CCC12O. The summed E-state index contributed by atoms with van der Waals surface area (Å²) in [6.07, 6.45) is -4.48. The van der Waals surface area contributed by atoms with Gasteiger partial charge in [0.15, 0.2) is 5.60 Å². The van der Waals surface area contributed by atoms with Gasteiger partial charge < -0.3 is 10.0 Å². The van der Waals surface area contributed by atoms with Crippen molar-refractivity contribution in [1.29, 1.82) is 0 Å². The molecule has 0 spiro atoms. The number of para-hydroxylation sites is 1. The fourth-order valence-corrected chi connectivity index (χ4v) is 3.27. The highest BCUT2D eigenvalue weighted by Gasteiger charge is 2.52. The fourth-order valence-electron chi connectivity index (χ4n) is 3.27. The molecule has 128 valence electrons. The van der Waals surface area contributed by atoms with Crippen LogP contribution in [0.1, 0.15) is 22.3 Å². The van der Waals surface area contributed by atoms with Crippen LogP contribution >= 0.6 is 0 Å². The molecule has 0 aromatic heterocycles. The molecule has 4 rings (SSSR count). The first kappa shape index (κ1) is 15.8. The van der Waals surface area contributed by atoms with Crippen molar-refractivity contribution in [3.63, 3.8) is 0 Å². The summed E-state index contributed by atoms with van der Waals surface area (Å²) in [4.78, 5) is 18.8. The summed E-state index contributed by atoms with van der Waals surface area (Å²) in [5, 5.41) is 10.8. The normalized spacial score (nSPS) is 22.5. The van der Waals surface area contributed by atoms with Crippen LogP contribution in [0.3, 0.4) is 0 Å². The average molecular weight is 346 g/mol. The Balaban J connectivity index is 1.84. The van der Waals surface area contributed by atoms with Gasteiger partial charge in [-0.1, -0.05) is 18.2 Å². The third-order valence-corrected chi connectivity index (χ3v) is 4.56. The molecule has 2 aromatic rings. The molecule has 1 N–H and O–H groups in total. The molecule has 1 saturated heterocycles. The summed E-state index contributed by atoms with van der Waals surface area (Å²) in [7, 11) is 0. The minimum absolute atomic E-state index is 0.0786. The molecule has 0 radical (unpaired) electrons. The molecule has 0 amide bonds. The number of halogens is 3. The van der Waals surface area contributed by atoms with Crippen LogP contribution in [0.4, 0.5) is 24.5 Å². The van der Waals surface area contributed by atoms with E-state index < -0.39 is 23.1 Å². The Bertz CT molecular complexity index is 893. The fraction of sp³-hybridized carbons (Fsp3) is 0.222. The Morgan fingerprint density at radius 1 is 1.12 bits per heavy atom. The lowest BCUT2D eigenvalue weighted by Gasteiger charge is -2.30.